The maximum Gasteiger partial charge on any atom is 0.261 e. The number of ether oxygens (including phenoxy) is 1. The van der Waals surface area contributed by atoms with Gasteiger partial charge in [-0.3, -0.25) is 4.79 Å². The van der Waals surface area contributed by atoms with Gasteiger partial charge < -0.3 is 15.8 Å². The molecule has 0 radical (unpaired) electrons. The second kappa shape index (κ2) is 7.07. The van der Waals surface area contributed by atoms with Gasteiger partial charge in [0.2, 0.25) is 0 Å². The number of nitrogens with two attached hydrogens (primary N) is 1. The number of carbonyl (C=O) groups is 1. The van der Waals surface area contributed by atoms with Crippen LogP contribution < -0.4 is 15.8 Å². The molecule has 2 aromatic rings. The molecule has 0 aliphatic heterocycles. The quantitative estimate of drug-likeness (QED) is 0.859. The fourth-order valence-electron chi connectivity index (χ4n) is 1.84. The number of rotatable bonds is 6. The Hall–Kier alpha value is -1.85. The fourth-order valence-corrected chi connectivity index (χ4v) is 2.61. The lowest BCUT2D eigenvalue weighted by atomic mass is 10.1. The van der Waals surface area contributed by atoms with Crippen LogP contribution in [0.25, 0.3) is 0 Å². The van der Waals surface area contributed by atoms with Gasteiger partial charge in [-0.05, 0) is 12.0 Å². The van der Waals surface area contributed by atoms with Crippen LogP contribution in [0.3, 0.4) is 0 Å². The Balaban J connectivity index is 1.79. The zero-order chi connectivity index (χ0) is 14.4. The van der Waals surface area contributed by atoms with Gasteiger partial charge in [-0.15, -0.1) is 11.3 Å². The first-order valence-corrected chi connectivity index (χ1v) is 7.30. The highest BCUT2D eigenvalue weighted by Crippen LogP contribution is 2.21. The summed E-state index contributed by atoms with van der Waals surface area (Å²) < 4.78 is 5.06. The molecule has 20 heavy (non-hydrogen) atoms. The van der Waals surface area contributed by atoms with E-state index in [9.17, 15) is 4.79 Å². The van der Waals surface area contributed by atoms with E-state index < -0.39 is 0 Å². The molecule has 2 rings (SSSR count). The molecule has 1 unspecified atom stereocenters. The standard InChI is InChI=1S/C15H18N2O2S/c1-19-12-9-14(20-10-12)15(18)17-8-7-13(16)11-5-3-2-4-6-11/h2-6,9-10,13H,7-8,16H2,1H3,(H,17,18). The molecule has 0 aliphatic rings. The van der Waals surface area contributed by atoms with Crippen LogP contribution >= 0.6 is 11.3 Å². The minimum atomic E-state index is -0.0847. The summed E-state index contributed by atoms with van der Waals surface area (Å²) in [7, 11) is 1.59. The molecule has 1 aromatic heterocycles. The van der Waals surface area contributed by atoms with Crippen molar-refractivity contribution in [2.24, 2.45) is 5.73 Å². The zero-order valence-electron chi connectivity index (χ0n) is 11.3. The Morgan fingerprint density at radius 1 is 1.40 bits per heavy atom. The van der Waals surface area contributed by atoms with Crippen LogP contribution in [0.15, 0.2) is 41.8 Å². The minimum absolute atomic E-state index is 0.0608. The first-order valence-electron chi connectivity index (χ1n) is 6.42. The number of benzene rings is 1. The number of methoxy groups -OCH3 is 1. The molecule has 0 fully saturated rings. The highest BCUT2D eigenvalue weighted by molar-refractivity contribution is 7.12. The van der Waals surface area contributed by atoms with Gasteiger partial charge in [-0.25, -0.2) is 0 Å². The Morgan fingerprint density at radius 2 is 2.15 bits per heavy atom. The summed E-state index contributed by atoms with van der Waals surface area (Å²) in [6.45, 7) is 0.551. The SMILES string of the molecule is COc1csc(C(=O)NCCC(N)c2ccccc2)c1. The summed E-state index contributed by atoms with van der Waals surface area (Å²) in [4.78, 5) is 12.5. The third-order valence-electron chi connectivity index (χ3n) is 3.00. The Labute approximate surface area is 122 Å². The first kappa shape index (κ1) is 14.6. The fraction of sp³-hybridized carbons (Fsp3) is 0.267. The molecule has 3 N–H and O–H groups in total. The molecule has 106 valence electrons. The van der Waals surface area contributed by atoms with E-state index in [1.807, 2.05) is 35.7 Å². The zero-order valence-corrected chi connectivity index (χ0v) is 12.2. The number of hydrogen-bond acceptors (Lipinski definition) is 4. The van der Waals surface area contributed by atoms with Gasteiger partial charge in [-0.2, -0.15) is 0 Å². The molecular formula is C15H18N2O2S. The number of amides is 1. The smallest absolute Gasteiger partial charge is 0.261 e. The molecule has 1 atom stereocenters. The van der Waals surface area contributed by atoms with E-state index in [4.69, 9.17) is 10.5 Å². The minimum Gasteiger partial charge on any atom is -0.496 e. The third-order valence-corrected chi connectivity index (χ3v) is 3.91. The average molecular weight is 290 g/mol. The lowest BCUT2D eigenvalue weighted by Gasteiger charge is -2.12. The largest absolute Gasteiger partial charge is 0.496 e. The third kappa shape index (κ3) is 3.82. The Bertz CT molecular complexity index is 554. The number of thiophene rings is 1. The van der Waals surface area contributed by atoms with Crippen LogP contribution in [-0.4, -0.2) is 19.6 Å². The van der Waals surface area contributed by atoms with Crippen molar-refractivity contribution < 1.29 is 9.53 Å². The van der Waals surface area contributed by atoms with Crippen molar-refractivity contribution in [2.45, 2.75) is 12.5 Å². The van der Waals surface area contributed by atoms with Crippen molar-refractivity contribution in [3.8, 4) is 5.75 Å². The van der Waals surface area contributed by atoms with Gasteiger partial charge in [0.25, 0.3) is 5.91 Å². The highest BCUT2D eigenvalue weighted by atomic mass is 32.1. The first-order chi connectivity index (χ1) is 9.70. The molecule has 0 saturated heterocycles. The highest BCUT2D eigenvalue weighted by Gasteiger charge is 2.10. The van der Waals surface area contributed by atoms with Crippen molar-refractivity contribution in [1.29, 1.82) is 0 Å². The molecule has 0 spiro atoms. The van der Waals surface area contributed by atoms with E-state index in [0.29, 0.717) is 23.6 Å². The molecule has 1 heterocycles. The van der Waals surface area contributed by atoms with Crippen molar-refractivity contribution in [3.63, 3.8) is 0 Å². The monoisotopic (exact) mass is 290 g/mol. The van der Waals surface area contributed by atoms with Gasteiger partial charge in [0.15, 0.2) is 0 Å². The van der Waals surface area contributed by atoms with Gasteiger partial charge in [0.05, 0.1) is 12.0 Å². The van der Waals surface area contributed by atoms with E-state index in [-0.39, 0.29) is 11.9 Å². The molecule has 1 amide bonds. The molecule has 5 heteroatoms. The van der Waals surface area contributed by atoms with Crippen LogP contribution in [0, 0.1) is 0 Å². The Kier molecular flexibility index (Phi) is 5.15. The molecule has 0 aliphatic carbocycles. The summed E-state index contributed by atoms with van der Waals surface area (Å²) in [5.41, 5.74) is 7.16. The van der Waals surface area contributed by atoms with Crippen molar-refractivity contribution in [3.05, 3.63) is 52.2 Å². The van der Waals surface area contributed by atoms with Gasteiger partial charge in [0.1, 0.15) is 5.75 Å². The van der Waals surface area contributed by atoms with E-state index in [2.05, 4.69) is 5.32 Å². The summed E-state index contributed by atoms with van der Waals surface area (Å²) in [5, 5.41) is 4.68. The summed E-state index contributed by atoms with van der Waals surface area (Å²) >= 11 is 1.37. The van der Waals surface area contributed by atoms with Crippen LogP contribution in [0.4, 0.5) is 0 Å². The normalized spacial score (nSPS) is 11.9. The second-order valence-corrected chi connectivity index (χ2v) is 5.32. The lowest BCUT2D eigenvalue weighted by molar-refractivity contribution is 0.0956. The number of nitrogens with one attached hydrogen (secondary N) is 1. The van der Waals surface area contributed by atoms with Gasteiger partial charge >= 0.3 is 0 Å². The molecular weight excluding hydrogens is 272 g/mol. The van der Waals surface area contributed by atoms with Crippen LogP contribution in [-0.2, 0) is 0 Å². The van der Waals surface area contributed by atoms with E-state index in [1.165, 1.54) is 11.3 Å². The van der Waals surface area contributed by atoms with Gasteiger partial charge in [-0.1, -0.05) is 30.3 Å². The van der Waals surface area contributed by atoms with Crippen LogP contribution in [0.2, 0.25) is 0 Å². The van der Waals surface area contributed by atoms with Crippen LogP contribution in [0.5, 0.6) is 5.75 Å². The van der Waals surface area contributed by atoms with E-state index in [1.54, 1.807) is 13.2 Å². The topological polar surface area (TPSA) is 64.3 Å². The predicted molar refractivity (Wildman–Crippen MR) is 81.2 cm³/mol. The van der Waals surface area contributed by atoms with E-state index in [0.717, 1.165) is 5.56 Å². The van der Waals surface area contributed by atoms with Crippen molar-refractivity contribution in [1.82, 2.24) is 5.32 Å². The predicted octanol–water partition coefficient (Wildman–Crippen LogP) is 2.58. The van der Waals surface area contributed by atoms with Gasteiger partial charge in [0, 0.05) is 24.0 Å². The molecule has 4 nitrogen and oxygen atoms in total. The molecule has 0 bridgehead atoms. The van der Waals surface area contributed by atoms with E-state index >= 15 is 0 Å². The van der Waals surface area contributed by atoms with Crippen molar-refractivity contribution >= 4 is 17.2 Å². The summed E-state index contributed by atoms with van der Waals surface area (Å²) in [6, 6.07) is 11.6. The molecule has 0 saturated carbocycles. The summed E-state index contributed by atoms with van der Waals surface area (Å²) in [6.07, 6.45) is 0.707. The maximum atomic E-state index is 11.9. The molecule has 1 aromatic carbocycles. The van der Waals surface area contributed by atoms with Crippen molar-refractivity contribution in [2.75, 3.05) is 13.7 Å². The Morgan fingerprint density at radius 3 is 2.80 bits per heavy atom. The summed E-state index contributed by atoms with van der Waals surface area (Å²) in [5.74, 6) is 0.625. The average Bonchev–Trinajstić information content (AvgIpc) is 2.97. The second-order valence-electron chi connectivity index (χ2n) is 4.41. The lowest BCUT2D eigenvalue weighted by Crippen LogP contribution is -2.26. The number of carbonyl (C=O) groups excluding carboxylic acids is 1. The number of hydrogen-bond donors (Lipinski definition) is 2. The van der Waals surface area contributed by atoms with Crippen LogP contribution in [0.1, 0.15) is 27.7 Å². The maximum absolute atomic E-state index is 11.9.